The molecule has 0 spiro atoms. The number of nitrogens with one attached hydrogen (secondary N) is 1. The van der Waals surface area contributed by atoms with Gasteiger partial charge in [0, 0.05) is 6.04 Å². The van der Waals surface area contributed by atoms with Crippen LogP contribution < -0.4 is 5.32 Å². The van der Waals surface area contributed by atoms with Crippen molar-refractivity contribution in [1.82, 2.24) is 5.32 Å². The fraction of sp³-hybridized carbons (Fsp3) is 0.800. The Bertz CT molecular complexity index is 112. The third-order valence-electron chi connectivity index (χ3n) is 2.17. The fourth-order valence-electron chi connectivity index (χ4n) is 1.47. The lowest BCUT2D eigenvalue weighted by Gasteiger charge is -2.19. The van der Waals surface area contributed by atoms with Crippen molar-refractivity contribution >= 4 is 0 Å². The molecule has 0 aromatic heterocycles. The highest BCUT2D eigenvalue weighted by atomic mass is 14.9. The normalized spacial score (nSPS) is 26.1. The Morgan fingerprint density at radius 2 is 2.36 bits per heavy atom. The van der Waals surface area contributed by atoms with E-state index < -0.39 is 0 Å². The summed E-state index contributed by atoms with van der Waals surface area (Å²) in [6, 6.07) is 0.676. The van der Waals surface area contributed by atoms with Crippen LogP contribution in [0.4, 0.5) is 0 Å². The topological polar surface area (TPSA) is 12.0 Å². The van der Waals surface area contributed by atoms with Gasteiger partial charge in [0.05, 0.1) is 0 Å². The van der Waals surface area contributed by atoms with Crippen molar-refractivity contribution in [3.63, 3.8) is 0 Å². The average molecular weight is 153 g/mol. The van der Waals surface area contributed by atoms with Crippen molar-refractivity contribution in [1.29, 1.82) is 0 Å². The third kappa shape index (κ3) is 3.57. The summed E-state index contributed by atoms with van der Waals surface area (Å²) in [7, 11) is 0. The van der Waals surface area contributed by atoms with E-state index in [1.165, 1.54) is 38.6 Å². The van der Waals surface area contributed by atoms with Crippen molar-refractivity contribution in [3.05, 3.63) is 12.2 Å². The summed E-state index contributed by atoms with van der Waals surface area (Å²) in [5, 5.41) is 3.49. The Morgan fingerprint density at radius 3 is 3.00 bits per heavy atom. The maximum Gasteiger partial charge on any atom is 0.0250 e. The Labute approximate surface area is 69.9 Å². The third-order valence-corrected chi connectivity index (χ3v) is 2.17. The van der Waals surface area contributed by atoms with E-state index in [9.17, 15) is 0 Å². The van der Waals surface area contributed by atoms with E-state index in [-0.39, 0.29) is 0 Å². The minimum atomic E-state index is 0.676. The van der Waals surface area contributed by atoms with Crippen molar-refractivity contribution < 1.29 is 0 Å². The van der Waals surface area contributed by atoms with Gasteiger partial charge in [-0.05, 0) is 25.8 Å². The van der Waals surface area contributed by atoms with Gasteiger partial charge >= 0.3 is 0 Å². The molecule has 1 fully saturated rings. The lowest BCUT2D eigenvalue weighted by molar-refractivity contribution is 0.454. The number of unbranched alkanes of at least 4 members (excludes halogenated alkanes) is 1. The lowest BCUT2D eigenvalue weighted by atomic mass is 10.0. The summed E-state index contributed by atoms with van der Waals surface area (Å²) in [4.78, 5) is 0. The largest absolute Gasteiger partial charge is 0.311 e. The molecule has 0 amide bonds. The molecular weight excluding hydrogens is 134 g/mol. The molecule has 0 aromatic carbocycles. The summed E-state index contributed by atoms with van der Waals surface area (Å²) in [5.74, 6) is 0. The van der Waals surface area contributed by atoms with Gasteiger partial charge in [-0.3, -0.25) is 0 Å². The Hall–Kier alpha value is -0.300. The second kappa shape index (κ2) is 5.36. The summed E-state index contributed by atoms with van der Waals surface area (Å²) < 4.78 is 0. The van der Waals surface area contributed by atoms with Crippen molar-refractivity contribution in [3.8, 4) is 0 Å². The standard InChI is InChI=1S/C10H19N/c1-2-3-4-7-10-8-5-6-9-11-10/h4,7,10-11H,2-3,5-6,8-9H2,1H3/b7-4+. The van der Waals surface area contributed by atoms with Crippen LogP contribution in [0.2, 0.25) is 0 Å². The molecule has 0 saturated carbocycles. The molecule has 0 aromatic rings. The van der Waals surface area contributed by atoms with Gasteiger partial charge in [0.15, 0.2) is 0 Å². The zero-order chi connectivity index (χ0) is 7.94. The predicted molar refractivity (Wildman–Crippen MR) is 49.7 cm³/mol. The minimum Gasteiger partial charge on any atom is -0.311 e. The van der Waals surface area contributed by atoms with Crippen LogP contribution in [0.5, 0.6) is 0 Å². The van der Waals surface area contributed by atoms with Crippen LogP contribution in [0.15, 0.2) is 12.2 Å². The van der Waals surface area contributed by atoms with E-state index in [2.05, 4.69) is 24.4 Å². The molecule has 1 aliphatic heterocycles. The minimum absolute atomic E-state index is 0.676. The second-order valence-corrected chi connectivity index (χ2v) is 3.27. The maximum absolute atomic E-state index is 3.49. The highest BCUT2D eigenvalue weighted by molar-refractivity contribution is 4.94. The lowest BCUT2D eigenvalue weighted by Crippen LogP contribution is -2.32. The Kier molecular flexibility index (Phi) is 4.29. The molecule has 1 heteroatoms. The highest BCUT2D eigenvalue weighted by Gasteiger charge is 2.07. The van der Waals surface area contributed by atoms with Crippen molar-refractivity contribution in [2.45, 2.75) is 45.1 Å². The zero-order valence-electron chi connectivity index (χ0n) is 7.47. The quantitative estimate of drug-likeness (QED) is 0.614. The first-order valence-corrected chi connectivity index (χ1v) is 4.83. The van der Waals surface area contributed by atoms with E-state index in [0.29, 0.717) is 6.04 Å². The van der Waals surface area contributed by atoms with Crippen LogP contribution in [0.25, 0.3) is 0 Å². The Morgan fingerprint density at radius 1 is 1.45 bits per heavy atom. The number of allylic oxidation sites excluding steroid dienone is 1. The van der Waals surface area contributed by atoms with E-state index in [1.807, 2.05) is 0 Å². The van der Waals surface area contributed by atoms with Crippen LogP contribution in [0, 0.1) is 0 Å². The molecule has 1 nitrogen and oxygen atoms in total. The number of hydrogen-bond acceptors (Lipinski definition) is 1. The van der Waals surface area contributed by atoms with Gasteiger partial charge < -0.3 is 5.32 Å². The monoisotopic (exact) mass is 153 g/mol. The fourth-order valence-corrected chi connectivity index (χ4v) is 1.47. The summed E-state index contributed by atoms with van der Waals surface area (Å²) in [5.41, 5.74) is 0. The van der Waals surface area contributed by atoms with Crippen LogP contribution >= 0.6 is 0 Å². The maximum atomic E-state index is 3.49. The molecule has 64 valence electrons. The summed E-state index contributed by atoms with van der Waals surface area (Å²) in [6.45, 7) is 3.43. The molecule has 0 bridgehead atoms. The van der Waals surface area contributed by atoms with Crippen LogP contribution in [0.3, 0.4) is 0 Å². The first-order valence-electron chi connectivity index (χ1n) is 4.83. The summed E-state index contributed by atoms with van der Waals surface area (Å²) >= 11 is 0. The molecule has 1 saturated heterocycles. The van der Waals surface area contributed by atoms with Gasteiger partial charge in [-0.1, -0.05) is 31.9 Å². The molecule has 0 aliphatic carbocycles. The zero-order valence-corrected chi connectivity index (χ0v) is 7.47. The highest BCUT2D eigenvalue weighted by Crippen LogP contribution is 2.08. The van der Waals surface area contributed by atoms with Gasteiger partial charge in [0.2, 0.25) is 0 Å². The van der Waals surface area contributed by atoms with Crippen molar-refractivity contribution in [2.24, 2.45) is 0 Å². The van der Waals surface area contributed by atoms with E-state index in [1.54, 1.807) is 0 Å². The summed E-state index contributed by atoms with van der Waals surface area (Å²) in [6.07, 6.45) is 11.2. The van der Waals surface area contributed by atoms with Gasteiger partial charge in [-0.15, -0.1) is 0 Å². The van der Waals surface area contributed by atoms with Crippen LogP contribution in [0.1, 0.15) is 39.0 Å². The van der Waals surface area contributed by atoms with E-state index >= 15 is 0 Å². The smallest absolute Gasteiger partial charge is 0.0250 e. The average Bonchev–Trinajstić information content (AvgIpc) is 2.07. The van der Waals surface area contributed by atoms with E-state index in [4.69, 9.17) is 0 Å². The van der Waals surface area contributed by atoms with Gasteiger partial charge in [0.25, 0.3) is 0 Å². The molecular formula is C10H19N. The van der Waals surface area contributed by atoms with E-state index in [0.717, 1.165) is 0 Å². The first kappa shape index (κ1) is 8.79. The van der Waals surface area contributed by atoms with Gasteiger partial charge in [0.1, 0.15) is 0 Å². The Balaban J connectivity index is 2.13. The molecule has 1 N–H and O–H groups in total. The molecule has 1 atom stereocenters. The molecule has 1 heterocycles. The predicted octanol–water partition coefficient (Wildman–Crippen LogP) is 2.48. The molecule has 1 aliphatic rings. The number of hydrogen-bond donors (Lipinski definition) is 1. The molecule has 1 rings (SSSR count). The number of rotatable bonds is 3. The SMILES string of the molecule is CCC/C=C/C1CCCCN1. The van der Waals surface area contributed by atoms with Crippen molar-refractivity contribution in [2.75, 3.05) is 6.54 Å². The van der Waals surface area contributed by atoms with Gasteiger partial charge in [-0.2, -0.15) is 0 Å². The van der Waals surface area contributed by atoms with Gasteiger partial charge in [-0.25, -0.2) is 0 Å². The molecule has 1 unspecified atom stereocenters. The number of piperidine rings is 1. The first-order chi connectivity index (χ1) is 5.43. The molecule has 0 radical (unpaired) electrons. The molecule has 11 heavy (non-hydrogen) atoms. The van der Waals surface area contributed by atoms with Crippen LogP contribution in [-0.2, 0) is 0 Å². The second-order valence-electron chi connectivity index (χ2n) is 3.27. The van der Waals surface area contributed by atoms with Crippen LogP contribution in [-0.4, -0.2) is 12.6 Å².